The third-order valence-electron chi connectivity index (χ3n) is 4.74. The summed E-state index contributed by atoms with van der Waals surface area (Å²) in [6.07, 6.45) is 3.18. The molecule has 1 fully saturated rings. The van der Waals surface area contributed by atoms with E-state index in [1.807, 2.05) is 4.90 Å². The fourth-order valence-corrected chi connectivity index (χ4v) is 3.09. The molecule has 0 radical (unpaired) electrons. The molecule has 0 aliphatic carbocycles. The third kappa shape index (κ3) is 3.49. The van der Waals surface area contributed by atoms with E-state index in [0.29, 0.717) is 0 Å². The fraction of sp³-hybridized carbons (Fsp3) is 0.556. The zero-order valence-electron chi connectivity index (χ0n) is 14.1. The predicted molar refractivity (Wildman–Crippen MR) is 87.5 cm³/mol. The number of carbonyl (C=O) groups is 2. The van der Waals surface area contributed by atoms with E-state index in [2.05, 4.69) is 32.0 Å². The van der Waals surface area contributed by atoms with Gasteiger partial charge in [-0.1, -0.05) is 18.2 Å². The number of rotatable bonds is 3. The molecular formula is C18H26N2O2. The van der Waals surface area contributed by atoms with Crippen molar-refractivity contribution in [1.82, 2.24) is 9.80 Å². The van der Waals surface area contributed by atoms with E-state index in [-0.39, 0.29) is 24.4 Å². The van der Waals surface area contributed by atoms with Crippen LogP contribution in [0.25, 0.3) is 0 Å². The molecule has 0 spiro atoms. The lowest BCUT2D eigenvalue weighted by molar-refractivity contribution is -0.141. The molecule has 0 bridgehead atoms. The van der Waals surface area contributed by atoms with Crippen molar-refractivity contribution in [3.8, 4) is 0 Å². The summed E-state index contributed by atoms with van der Waals surface area (Å²) in [5.74, 6) is -0.0306. The van der Waals surface area contributed by atoms with E-state index < -0.39 is 0 Å². The van der Waals surface area contributed by atoms with Crippen LogP contribution in [0.3, 0.4) is 0 Å². The van der Waals surface area contributed by atoms with Crippen molar-refractivity contribution in [3.05, 3.63) is 34.9 Å². The van der Waals surface area contributed by atoms with Gasteiger partial charge in [0.25, 0.3) is 0 Å². The number of carbonyl (C=O) groups excluding carboxylic acids is 2. The first-order chi connectivity index (χ1) is 10.4. The second-order valence-electron chi connectivity index (χ2n) is 6.26. The normalized spacial score (nSPS) is 18.2. The van der Waals surface area contributed by atoms with Crippen LogP contribution in [0.5, 0.6) is 0 Å². The average Bonchev–Trinajstić information content (AvgIpc) is 2.50. The maximum Gasteiger partial charge on any atom is 0.242 e. The van der Waals surface area contributed by atoms with Gasteiger partial charge in [-0.15, -0.1) is 0 Å². The standard InChI is InChI=1S/C18H26N2O2/c1-13-8-7-9-16(14(13)2)17-10-5-6-11-20(17)18(22)12-19(4)15(3)21/h7-9,17H,5-6,10-12H2,1-4H3. The second-order valence-corrected chi connectivity index (χ2v) is 6.26. The molecule has 1 unspecified atom stereocenters. The number of likely N-dealkylation sites (N-methyl/N-ethyl adjacent to an activating group) is 1. The number of hydrogen-bond acceptors (Lipinski definition) is 2. The molecule has 4 heteroatoms. The van der Waals surface area contributed by atoms with Crippen molar-refractivity contribution in [2.75, 3.05) is 20.1 Å². The Balaban J connectivity index is 2.23. The molecule has 0 N–H and O–H groups in total. The number of nitrogens with zero attached hydrogens (tertiary/aromatic N) is 2. The topological polar surface area (TPSA) is 40.6 Å². The van der Waals surface area contributed by atoms with E-state index in [0.717, 1.165) is 25.8 Å². The van der Waals surface area contributed by atoms with Gasteiger partial charge in [0.1, 0.15) is 0 Å². The quantitative estimate of drug-likeness (QED) is 0.861. The predicted octanol–water partition coefficient (Wildman–Crippen LogP) is 2.84. The van der Waals surface area contributed by atoms with Crippen molar-refractivity contribution >= 4 is 11.8 Å². The number of aryl methyl sites for hydroxylation is 1. The molecule has 1 aromatic carbocycles. The van der Waals surface area contributed by atoms with Gasteiger partial charge in [0.05, 0.1) is 12.6 Å². The summed E-state index contributed by atoms with van der Waals surface area (Å²) < 4.78 is 0. The lowest BCUT2D eigenvalue weighted by Gasteiger charge is -2.38. The molecule has 1 aliphatic rings. The maximum atomic E-state index is 12.6. The molecule has 0 saturated carbocycles. The van der Waals surface area contributed by atoms with Gasteiger partial charge in [0.2, 0.25) is 11.8 Å². The van der Waals surface area contributed by atoms with Gasteiger partial charge in [0, 0.05) is 20.5 Å². The smallest absolute Gasteiger partial charge is 0.242 e. The molecule has 1 aliphatic heterocycles. The minimum Gasteiger partial charge on any atom is -0.337 e. The lowest BCUT2D eigenvalue weighted by atomic mass is 9.90. The van der Waals surface area contributed by atoms with E-state index >= 15 is 0 Å². The van der Waals surface area contributed by atoms with E-state index in [9.17, 15) is 9.59 Å². The maximum absolute atomic E-state index is 12.6. The van der Waals surface area contributed by atoms with Crippen LogP contribution in [0, 0.1) is 13.8 Å². The SMILES string of the molecule is CC(=O)N(C)CC(=O)N1CCCCC1c1cccc(C)c1C. The van der Waals surface area contributed by atoms with Crippen LogP contribution in [-0.4, -0.2) is 41.8 Å². The van der Waals surface area contributed by atoms with Crippen LogP contribution in [0.1, 0.15) is 48.9 Å². The summed E-state index contributed by atoms with van der Waals surface area (Å²) in [7, 11) is 1.68. The molecule has 1 aromatic rings. The van der Waals surface area contributed by atoms with Crippen LogP contribution in [0.2, 0.25) is 0 Å². The molecule has 1 heterocycles. The van der Waals surface area contributed by atoms with Crippen LogP contribution in [-0.2, 0) is 9.59 Å². The third-order valence-corrected chi connectivity index (χ3v) is 4.74. The van der Waals surface area contributed by atoms with Gasteiger partial charge < -0.3 is 9.80 Å². The highest BCUT2D eigenvalue weighted by Gasteiger charge is 2.29. The van der Waals surface area contributed by atoms with Gasteiger partial charge >= 0.3 is 0 Å². The summed E-state index contributed by atoms with van der Waals surface area (Å²) in [6.45, 7) is 6.67. The highest BCUT2D eigenvalue weighted by atomic mass is 16.2. The van der Waals surface area contributed by atoms with Crippen LogP contribution in [0.15, 0.2) is 18.2 Å². The summed E-state index contributed by atoms with van der Waals surface area (Å²) in [6, 6.07) is 6.45. The molecule has 1 atom stereocenters. The van der Waals surface area contributed by atoms with E-state index in [4.69, 9.17) is 0 Å². The highest BCUT2D eigenvalue weighted by Crippen LogP contribution is 2.33. The van der Waals surface area contributed by atoms with Crippen LogP contribution >= 0.6 is 0 Å². The van der Waals surface area contributed by atoms with Gasteiger partial charge in [-0.25, -0.2) is 0 Å². The fourth-order valence-electron chi connectivity index (χ4n) is 3.09. The summed E-state index contributed by atoms with van der Waals surface area (Å²) in [5, 5.41) is 0. The number of likely N-dealkylation sites (tertiary alicyclic amines) is 1. The highest BCUT2D eigenvalue weighted by molar-refractivity contribution is 5.84. The van der Waals surface area contributed by atoms with Gasteiger partial charge in [0.15, 0.2) is 0 Å². The number of piperidine rings is 1. The Bertz CT molecular complexity index is 568. The summed E-state index contributed by atoms with van der Waals surface area (Å²) in [4.78, 5) is 27.4. The Morgan fingerprint density at radius 2 is 2.00 bits per heavy atom. The van der Waals surface area contributed by atoms with Crippen LogP contribution < -0.4 is 0 Å². The van der Waals surface area contributed by atoms with Crippen molar-refractivity contribution in [3.63, 3.8) is 0 Å². The molecule has 2 amide bonds. The molecule has 0 aromatic heterocycles. The Morgan fingerprint density at radius 1 is 1.27 bits per heavy atom. The number of amides is 2. The van der Waals surface area contributed by atoms with Gasteiger partial charge in [-0.3, -0.25) is 9.59 Å². The molecule has 120 valence electrons. The van der Waals surface area contributed by atoms with E-state index in [1.165, 1.54) is 28.5 Å². The van der Waals surface area contributed by atoms with Crippen molar-refractivity contribution < 1.29 is 9.59 Å². The molecule has 22 heavy (non-hydrogen) atoms. The number of hydrogen-bond donors (Lipinski definition) is 0. The first-order valence-electron chi connectivity index (χ1n) is 7.99. The van der Waals surface area contributed by atoms with Crippen molar-refractivity contribution in [1.29, 1.82) is 0 Å². The lowest BCUT2D eigenvalue weighted by Crippen LogP contribution is -2.44. The Labute approximate surface area is 133 Å². The van der Waals surface area contributed by atoms with Crippen molar-refractivity contribution in [2.24, 2.45) is 0 Å². The monoisotopic (exact) mass is 302 g/mol. The average molecular weight is 302 g/mol. The molecular weight excluding hydrogens is 276 g/mol. The zero-order chi connectivity index (χ0) is 16.3. The van der Waals surface area contributed by atoms with Gasteiger partial charge in [-0.05, 0) is 49.8 Å². The number of benzene rings is 1. The first kappa shape index (κ1) is 16.5. The van der Waals surface area contributed by atoms with E-state index in [1.54, 1.807) is 7.05 Å². The molecule has 2 rings (SSSR count). The Kier molecular flexibility index (Phi) is 5.22. The molecule has 1 saturated heterocycles. The minimum atomic E-state index is -0.0753. The Hall–Kier alpha value is -1.84. The van der Waals surface area contributed by atoms with Gasteiger partial charge in [-0.2, -0.15) is 0 Å². The zero-order valence-corrected chi connectivity index (χ0v) is 14.1. The van der Waals surface area contributed by atoms with Crippen molar-refractivity contribution in [2.45, 2.75) is 46.1 Å². The minimum absolute atomic E-state index is 0.0447. The second kappa shape index (κ2) is 6.95. The summed E-state index contributed by atoms with van der Waals surface area (Å²) >= 11 is 0. The first-order valence-corrected chi connectivity index (χ1v) is 7.99. The Morgan fingerprint density at radius 3 is 2.68 bits per heavy atom. The molecule has 4 nitrogen and oxygen atoms in total. The summed E-state index contributed by atoms with van der Waals surface area (Å²) in [5.41, 5.74) is 3.78. The largest absolute Gasteiger partial charge is 0.337 e. The van der Waals surface area contributed by atoms with Crippen LogP contribution in [0.4, 0.5) is 0 Å².